The van der Waals surface area contributed by atoms with Crippen LogP contribution in [0.15, 0.2) is 54.9 Å². The fourth-order valence-corrected chi connectivity index (χ4v) is 3.81. The Morgan fingerprint density at radius 2 is 2.00 bits per heavy atom. The highest BCUT2D eigenvalue weighted by Crippen LogP contribution is 2.27. The maximum absolute atomic E-state index is 13.4. The molecular weight excluding hydrogens is 407 g/mol. The lowest BCUT2D eigenvalue weighted by atomic mass is 9.91. The topological polar surface area (TPSA) is 72.1 Å². The van der Waals surface area contributed by atoms with Crippen molar-refractivity contribution in [1.29, 1.82) is 0 Å². The highest BCUT2D eigenvalue weighted by molar-refractivity contribution is 6.07. The van der Waals surface area contributed by atoms with Crippen molar-refractivity contribution in [3.8, 4) is 11.3 Å². The van der Waals surface area contributed by atoms with E-state index in [2.05, 4.69) is 4.98 Å². The molecule has 29 heavy (non-hydrogen) atoms. The summed E-state index contributed by atoms with van der Waals surface area (Å²) in [4.78, 5) is 24.3. The number of fused-ring (bicyclic) bond motifs is 1. The summed E-state index contributed by atoms with van der Waals surface area (Å²) in [6.07, 6.45) is 5.59. The molecule has 0 radical (unpaired) electrons. The summed E-state index contributed by atoms with van der Waals surface area (Å²) in [6.45, 7) is 3.53. The number of nitrogens with two attached hydrogens (primary N) is 1. The summed E-state index contributed by atoms with van der Waals surface area (Å²) in [5.74, 6) is 0.415. The van der Waals surface area contributed by atoms with Crippen LogP contribution in [0.3, 0.4) is 0 Å². The number of rotatable bonds is 3. The molecule has 0 aliphatic carbocycles. The van der Waals surface area contributed by atoms with Gasteiger partial charge in [0.15, 0.2) is 0 Å². The summed E-state index contributed by atoms with van der Waals surface area (Å²) in [6, 6.07) is 13.7. The Hall–Kier alpha value is -2.21. The van der Waals surface area contributed by atoms with Gasteiger partial charge in [-0.05, 0) is 49.9 Å². The van der Waals surface area contributed by atoms with Gasteiger partial charge < -0.3 is 10.6 Å². The van der Waals surface area contributed by atoms with E-state index in [-0.39, 0.29) is 36.8 Å². The second kappa shape index (κ2) is 10.0. The molecule has 0 bridgehead atoms. The Morgan fingerprint density at radius 1 is 1.21 bits per heavy atom. The minimum absolute atomic E-state index is 0. The fourth-order valence-electron chi connectivity index (χ4n) is 3.81. The van der Waals surface area contributed by atoms with Gasteiger partial charge >= 0.3 is 0 Å². The summed E-state index contributed by atoms with van der Waals surface area (Å²) >= 11 is 0. The van der Waals surface area contributed by atoms with Gasteiger partial charge in [-0.25, -0.2) is 4.98 Å². The van der Waals surface area contributed by atoms with Crippen molar-refractivity contribution in [1.82, 2.24) is 14.9 Å². The number of aromatic nitrogens is 2. The predicted molar refractivity (Wildman–Crippen MR) is 122 cm³/mol. The first-order chi connectivity index (χ1) is 13.1. The summed E-state index contributed by atoms with van der Waals surface area (Å²) in [5, 5.41) is 0.887. The van der Waals surface area contributed by atoms with Gasteiger partial charge in [0.05, 0.1) is 16.8 Å². The molecule has 1 aliphatic rings. The Labute approximate surface area is 183 Å². The van der Waals surface area contributed by atoms with Crippen LogP contribution in [0.5, 0.6) is 0 Å². The van der Waals surface area contributed by atoms with Crippen molar-refractivity contribution in [2.75, 3.05) is 13.1 Å². The standard InChI is InChI=1S/C22H24N4O.2ClH/c1-15(23)17-7-5-11-26(14-17)22(27)19-12-21(16-6-4-10-24-13-16)25-20-9-3-2-8-18(19)20;;/h2-4,6,8-10,12-13,15,17H,5,7,11,14,23H2,1H3;2*1H. The van der Waals surface area contributed by atoms with Crippen molar-refractivity contribution in [3.63, 3.8) is 0 Å². The molecule has 1 amide bonds. The molecule has 5 nitrogen and oxygen atoms in total. The number of nitrogens with zero attached hydrogens (tertiary/aromatic N) is 3. The highest BCUT2D eigenvalue weighted by Gasteiger charge is 2.27. The molecule has 3 heterocycles. The predicted octanol–water partition coefficient (Wildman–Crippen LogP) is 4.34. The number of hydrogen-bond donors (Lipinski definition) is 1. The van der Waals surface area contributed by atoms with Gasteiger partial charge in [-0.1, -0.05) is 18.2 Å². The number of para-hydroxylation sites is 1. The quantitative estimate of drug-likeness (QED) is 0.667. The van der Waals surface area contributed by atoms with E-state index in [1.54, 1.807) is 12.4 Å². The highest BCUT2D eigenvalue weighted by atomic mass is 35.5. The third-order valence-corrected chi connectivity index (χ3v) is 5.39. The molecule has 1 saturated heterocycles. The molecule has 2 N–H and O–H groups in total. The van der Waals surface area contributed by atoms with Crippen LogP contribution < -0.4 is 5.73 Å². The lowest BCUT2D eigenvalue weighted by molar-refractivity contribution is 0.0663. The van der Waals surface area contributed by atoms with Crippen molar-refractivity contribution in [3.05, 3.63) is 60.4 Å². The van der Waals surface area contributed by atoms with Gasteiger partial charge in [0, 0.05) is 42.5 Å². The first-order valence-electron chi connectivity index (χ1n) is 9.48. The van der Waals surface area contributed by atoms with Crippen LogP contribution >= 0.6 is 24.8 Å². The van der Waals surface area contributed by atoms with E-state index in [9.17, 15) is 4.79 Å². The number of pyridine rings is 2. The van der Waals surface area contributed by atoms with Crippen LogP contribution in [-0.2, 0) is 0 Å². The number of benzene rings is 1. The molecule has 0 spiro atoms. The van der Waals surface area contributed by atoms with Crippen molar-refractivity contribution >= 4 is 41.6 Å². The van der Waals surface area contributed by atoms with Crippen LogP contribution in [-0.4, -0.2) is 39.9 Å². The number of likely N-dealkylation sites (tertiary alicyclic amines) is 1. The molecule has 4 rings (SSSR count). The molecule has 2 aromatic heterocycles. The number of carbonyl (C=O) groups excluding carboxylic acids is 1. The van der Waals surface area contributed by atoms with Gasteiger partial charge in [-0.3, -0.25) is 9.78 Å². The lowest BCUT2D eigenvalue weighted by Gasteiger charge is -2.35. The van der Waals surface area contributed by atoms with E-state index >= 15 is 0 Å². The molecular formula is C22H26Cl2N4O. The Balaban J connectivity index is 0.00000150. The smallest absolute Gasteiger partial charge is 0.254 e. The van der Waals surface area contributed by atoms with Gasteiger partial charge in [0.25, 0.3) is 5.91 Å². The van der Waals surface area contributed by atoms with E-state index < -0.39 is 0 Å². The zero-order chi connectivity index (χ0) is 18.8. The molecule has 154 valence electrons. The number of carbonyl (C=O) groups is 1. The van der Waals surface area contributed by atoms with Crippen LogP contribution in [0, 0.1) is 5.92 Å². The zero-order valence-corrected chi connectivity index (χ0v) is 18.0. The molecule has 1 fully saturated rings. The second-order valence-corrected chi connectivity index (χ2v) is 7.33. The van der Waals surface area contributed by atoms with Crippen LogP contribution in [0.2, 0.25) is 0 Å². The van der Waals surface area contributed by atoms with E-state index in [1.165, 1.54) is 0 Å². The average Bonchev–Trinajstić information content (AvgIpc) is 2.73. The number of piperidine rings is 1. The minimum atomic E-state index is 0. The normalized spacial score (nSPS) is 17.2. The van der Waals surface area contributed by atoms with Crippen molar-refractivity contribution < 1.29 is 4.79 Å². The molecule has 3 aromatic rings. The number of amides is 1. The third kappa shape index (κ3) is 4.86. The van der Waals surface area contributed by atoms with Crippen molar-refractivity contribution in [2.24, 2.45) is 11.7 Å². The molecule has 2 unspecified atom stereocenters. The van der Waals surface area contributed by atoms with E-state index in [0.717, 1.165) is 48.1 Å². The summed E-state index contributed by atoms with van der Waals surface area (Å²) < 4.78 is 0. The van der Waals surface area contributed by atoms with Gasteiger partial charge in [0.2, 0.25) is 0 Å². The van der Waals surface area contributed by atoms with E-state index in [0.29, 0.717) is 11.5 Å². The van der Waals surface area contributed by atoms with E-state index in [1.807, 2.05) is 54.3 Å². The molecule has 1 aromatic carbocycles. The maximum atomic E-state index is 13.4. The van der Waals surface area contributed by atoms with Crippen LogP contribution in [0.1, 0.15) is 30.1 Å². The van der Waals surface area contributed by atoms with Crippen molar-refractivity contribution in [2.45, 2.75) is 25.8 Å². The third-order valence-electron chi connectivity index (χ3n) is 5.39. The summed E-state index contributed by atoms with van der Waals surface area (Å²) in [7, 11) is 0. The number of hydrogen-bond acceptors (Lipinski definition) is 4. The van der Waals surface area contributed by atoms with Gasteiger partial charge in [-0.15, -0.1) is 24.8 Å². The molecule has 2 atom stereocenters. The lowest BCUT2D eigenvalue weighted by Crippen LogP contribution is -2.45. The zero-order valence-electron chi connectivity index (χ0n) is 16.3. The SMILES string of the molecule is CC(N)C1CCCN(C(=O)c2cc(-c3cccnc3)nc3ccccc23)C1.Cl.Cl. The Bertz CT molecular complexity index is 965. The Kier molecular flexibility index (Phi) is 7.96. The van der Waals surface area contributed by atoms with Gasteiger partial charge in [0.1, 0.15) is 0 Å². The second-order valence-electron chi connectivity index (χ2n) is 7.33. The average molecular weight is 433 g/mol. The first kappa shape index (κ1) is 23.1. The monoisotopic (exact) mass is 432 g/mol. The first-order valence-corrected chi connectivity index (χ1v) is 9.48. The van der Waals surface area contributed by atoms with Crippen LogP contribution in [0.4, 0.5) is 0 Å². The molecule has 7 heteroatoms. The Morgan fingerprint density at radius 3 is 2.72 bits per heavy atom. The minimum Gasteiger partial charge on any atom is -0.338 e. The number of halogens is 2. The molecule has 1 aliphatic heterocycles. The molecule has 0 saturated carbocycles. The van der Waals surface area contributed by atoms with E-state index in [4.69, 9.17) is 10.7 Å². The van der Waals surface area contributed by atoms with Gasteiger partial charge in [-0.2, -0.15) is 0 Å². The summed E-state index contributed by atoms with van der Waals surface area (Å²) in [5.41, 5.74) is 9.30. The van der Waals surface area contributed by atoms with Crippen LogP contribution in [0.25, 0.3) is 22.2 Å². The fraction of sp³-hybridized carbons (Fsp3) is 0.318. The largest absolute Gasteiger partial charge is 0.338 e. The maximum Gasteiger partial charge on any atom is 0.254 e.